The van der Waals surface area contributed by atoms with Crippen LogP contribution in [0.25, 0.3) is 16.8 Å². The van der Waals surface area contributed by atoms with Crippen LogP contribution >= 0.6 is 11.6 Å². The van der Waals surface area contributed by atoms with Crippen LogP contribution in [-0.4, -0.2) is 32.7 Å². The molecule has 4 aromatic rings. The predicted octanol–water partition coefficient (Wildman–Crippen LogP) is 4.73. The van der Waals surface area contributed by atoms with Crippen LogP contribution in [0, 0.1) is 18.2 Å². The Morgan fingerprint density at radius 3 is 2.73 bits per heavy atom. The Labute approximate surface area is 196 Å². The molecule has 3 aromatic heterocycles. The second-order valence-electron chi connectivity index (χ2n) is 9.14. The average molecular weight is 463 g/mol. The summed E-state index contributed by atoms with van der Waals surface area (Å²) in [6.45, 7) is 3.63. The highest BCUT2D eigenvalue weighted by Gasteiger charge is 2.46. The zero-order valence-corrected chi connectivity index (χ0v) is 19.1. The van der Waals surface area contributed by atoms with Gasteiger partial charge in [0.15, 0.2) is 5.82 Å². The van der Waals surface area contributed by atoms with Crippen LogP contribution < -0.4 is 10.6 Å². The highest BCUT2D eigenvalue weighted by Crippen LogP contribution is 2.50. The Bertz CT molecular complexity index is 1370. The van der Waals surface area contributed by atoms with E-state index in [1.165, 1.54) is 11.6 Å². The van der Waals surface area contributed by atoms with Crippen molar-refractivity contribution in [2.45, 2.75) is 32.2 Å². The van der Waals surface area contributed by atoms with Gasteiger partial charge in [0.1, 0.15) is 11.3 Å². The first-order chi connectivity index (χ1) is 16.0. The van der Waals surface area contributed by atoms with Crippen LogP contribution in [0.5, 0.6) is 0 Å². The van der Waals surface area contributed by atoms with Crippen LogP contribution in [-0.2, 0) is 6.42 Å². The molecule has 1 fully saturated rings. The van der Waals surface area contributed by atoms with E-state index >= 15 is 0 Å². The van der Waals surface area contributed by atoms with Crippen molar-refractivity contribution in [3.63, 3.8) is 0 Å². The summed E-state index contributed by atoms with van der Waals surface area (Å²) in [5.41, 5.74) is 12.0. The van der Waals surface area contributed by atoms with Gasteiger partial charge in [-0.1, -0.05) is 29.8 Å². The third-order valence-electron chi connectivity index (χ3n) is 7.41. The maximum absolute atomic E-state index is 14.2. The third kappa shape index (κ3) is 3.06. The first kappa shape index (κ1) is 20.6. The van der Waals surface area contributed by atoms with Gasteiger partial charge in [-0.05, 0) is 55.4 Å². The first-order valence-corrected chi connectivity index (χ1v) is 11.6. The standard InChI is InChI=1S/C25H24ClFN6/c1-15-22(17-4-2-6-18(27)21(17)26)33-20(7-11-30-33)24(31-15)32-12-8-25(9-13-32)14-19-16(23(25)28)5-3-10-29-19/h2-7,10-11,23H,8-9,12-14,28H2,1H3/t23-/m1/s1. The lowest BCUT2D eigenvalue weighted by Gasteiger charge is -2.42. The number of nitrogens with two attached hydrogens (primary N) is 1. The number of hydrogen-bond acceptors (Lipinski definition) is 5. The van der Waals surface area contributed by atoms with Crippen molar-refractivity contribution < 1.29 is 4.39 Å². The van der Waals surface area contributed by atoms with E-state index in [-0.39, 0.29) is 16.5 Å². The quantitative estimate of drug-likeness (QED) is 0.466. The van der Waals surface area contributed by atoms with E-state index in [0.29, 0.717) is 11.3 Å². The number of piperidine rings is 1. The van der Waals surface area contributed by atoms with E-state index in [1.54, 1.807) is 18.3 Å². The van der Waals surface area contributed by atoms with E-state index < -0.39 is 5.82 Å². The SMILES string of the molecule is Cc1nc(N2CCC3(CC2)Cc2ncccc2[C@H]3N)c2ccnn2c1-c1cccc(F)c1Cl. The van der Waals surface area contributed by atoms with Crippen molar-refractivity contribution in [3.05, 3.63) is 76.6 Å². The molecular formula is C25H24ClFN6. The van der Waals surface area contributed by atoms with Crippen LogP contribution in [0.2, 0.25) is 5.02 Å². The third-order valence-corrected chi connectivity index (χ3v) is 7.79. The minimum Gasteiger partial charge on any atom is -0.355 e. The Morgan fingerprint density at radius 2 is 1.94 bits per heavy atom. The molecule has 1 aliphatic carbocycles. The second kappa shape index (κ2) is 7.50. The summed E-state index contributed by atoms with van der Waals surface area (Å²) in [7, 11) is 0. The molecule has 0 bridgehead atoms. The summed E-state index contributed by atoms with van der Waals surface area (Å²) in [5, 5.41) is 4.61. The van der Waals surface area contributed by atoms with E-state index in [0.717, 1.165) is 55.1 Å². The van der Waals surface area contributed by atoms with Crippen LogP contribution in [0.4, 0.5) is 10.2 Å². The number of hydrogen-bond donors (Lipinski definition) is 1. The van der Waals surface area contributed by atoms with Crippen molar-refractivity contribution >= 4 is 22.9 Å². The molecule has 8 heteroatoms. The zero-order valence-electron chi connectivity index (χ0n) is 18.3. The van der Waals surface area contributed by atoms with Gasteiger partial charge in [-0.2, -0.15) is 5.10 Å². The number of halogens is 2. The number of aromatic nitrogens is 4. The van der Waals surface area contributed by atoms with Gasteiger partial charge < -0.3 is 10.6 Å². The molecule has 4 heterocycles. The van der Waals surface area contributed by atoms with Crippen molar-refractivity contribution in [3.8, 4) is 11.3 Å². The molecule has 1 aliphatic heterocycles. The molecule has 33 heavy (non-hydrogen) atoms. The summed E-state index contributed by atoms with van der Waals surface area (Å²) in [5.74, 6) is 0.431. The van der Waals surface area contributed by atoms with E-state index in [9.17, 15) is 4.39 Å². The second-order valence-corrected chi connectivity index (χ2v) is 9.52. The van der Waals surface area contributed by atoms with Gasteiger partial charge in [0, 0.05) is 36.6 Å². The fourth-order valence-corrected chi connectivity index (χ4v) is 5.82. The van der Waals surface area contributed by atoms with Gasteiger partial charge >= 0.3 is 0 Å². The summed E-state index contributed by atoms with van der Waals surface area (Å²) < 4.78 is 16.0. The monoisotopic (exact) mass is 462 g/mol. The maximum atomic E-state index is 14.2. The number of anilines is 1. The minimum atomic E-state index is -0.456. The lowest BCUT2D eigenvalue weighted by molar-refractivity contribution is 0.187. The van der Waals surface area contributed by atoms with Crippen molar-refractivity contribution in [2.75, 3.05) is 18.0 Å². The van der Waals surface area contributed by atoms with Crippen molar-refractivity contribution in [2.24, 2.45) is 11.1 Å². The fraction of sp³-hybridized carbons (Fsp3) is 0.320. The van der Waals surface area contributed by atoms with Crippen LogP contribution in [0.15, 0.2) is 48.8 Å². The first-order valence-electron chi connectivity index (χ1n) is 11.2. The lowest BCUT2D eigenvalue weighted by atomic mass is 9.73. The smallest absolute Gasteiger partial charge is 0.155 e. The number of aryl methyl sites for hydroxylation is 1. The summed E-state index contributed by atoms with van der Waals surface area (Å²) in [4.78, 5) is 11.9. The summed E-state index contributed by atoms with van der Waals surface area (Å²) in [6, 6.07) is 10.9. The van der Waals surface area contributed by atoms with E-state index in [1.807, 2.05) is 29.8 Å². The number of benzene rings is 1. The molecule has 6 rings (SSSR count). The molecule has 1 spiro atoms. The molecule has 1 saturated heterocycles. The molecule has 0 saturated carbocycles. The molecule has 0 radical (unpaired) electrons. The van der Waals surface area contributed by atoms with Crippen LogP contribution in [0.1, 0.15) is 35.8 Å². The highest BCUT2D eigenvalue weighted by atomic mass is 35.5. The summed E-state index contributed by atoms with van der Waals surface area (Å²) >= 11 is 6.31. The van der Waals surface area contributed by atoms with Gasteiger partial charge in [-0.15, -0.1) is 0 Å². The molecular weight excluding hydrogens is 439 g/mol. The molecule has 2 aliphatic rings. The molecule has 168 valence electrons. The van der Waals surface area contributed by atoms with Gasteiger partial charge in [-0.25, -0.2) is 13.9 Å². The molecule has 6 nitrogen and oxygen atoms in total. The maximum Gasteiger partial charge on any atom is 0.155 e. The fourth-order valence-electron chi connectivity index (χ4n) is 5.61. The van der Waals surface area contributed by atoms with E-state index in [2.05, 4.69) is 21.0 Å². The van der Waals surface area contributed by atoms with Crippen molar-refractivity contribution in [1.82, 2.24) is 19.6 Å². The van der Waals surface area contributed by atoms with Gasteiger partial charge in [-0.3, -0.25) is 4.98 Å². The zero-order chi connectivity index (χ0) is 22.7. The Hall–Kier alpha value is -3.03. The Kier molecular flexibility index (Phi) is 4.67. The largest absolute Gasteiger partial charge is 0.355 e. The minimum absolute atomic E-state index is 0.0190. The van der Waals surface area contributed by atoms with E-state index in [4.69, 9.17) is 22.3 Å². The average Bonchev–Trinajstić information content (AvgIpc) is 3.40. The molecule has 1 atom stereocenters. The molecule has 0 amide bonds. The lowest BCUT2D eigenvalue weighted by Crippen LogP contribution is -2.44. The van der Waals surface area contributed by atoms with Crippen LogP contribution in [0.3, 0.4) is 0 Å². The Balaban J connectivity index is 1.34. The summed E-state index contributed by atoms with van der Waals surface area (Å²) in [6.07, 6.45) is 6.49. The molecule has 2 N–H and O–H groups in total. The molecule has 1 aromatic carbocycles. The van der Waals surface area contributed by atoms with Gasteiger partial charge in [0.05, 0.1) is 22.6 Å². The Morgan fingerprint density at radius 1 is 1.12 bits per heavy atom. The van der Waals surface area contributed by atoms with Gasteiger partial charge in [0.2, 0.25) is 0 Å². The molecule has 0 unspecified atom stereocenters. The number of nitrogens with zero attached hydrogens (tertiary/aromatic N) is 5. The highest BCUT2D eigenvalue weighted by molar-refractivity contribution is 6.33. The van der Waals surface area contributed by atoms with Gasteiger partial charge in [0.25, 0.3) is 0 Å². The normalized spacial score (nSPS) is 19.4. The van der Waals surface area contributed by atoms with Crippen molar-refractivity contribution in [1.29, 1.82) is 0 Å². The number of rotatable bonds is 2. The predicted molar refractivity (Wildman–Crippen MR) is 127 cm³/mol. The number of pyridine rings is 1. The topological polar surface area (TPSA) is 72.3 Å². The number of fused-ring (bicyclic) bond motifs is 2.